The van der Waals surface area contributed by atoms with Gasteiger partial charge in [0.2, 0.25) is 5.91 Å². The van der Waals surface area contributed by atoms with Crippen molar-refractivity contribution in [3.8, 4) is 0 Å². The topological polar surface area (TPSA) is 108 Å². The highest BCUT2D eigenvalue weighted by molar-refractivity contribution is 7.45. The van der Waals surface area contributed by atoms with Crippen molar-refractivity contribution in [3.63, 3.8) is 0 Å². The molecule has 0 saturated carbocycles. The summed E-state index contributed by atoms with van der Waals surface area (Å²) >= 11 is 0. The van der Waals surface area contributed by atoms with Gasteiger partial charge in [-0.2, -0.15) is 0 Å². The predicted molar refractivity (Wildman–Crippen MR) is 214 cm³/mol. The van der Waals surface area contributed by atoms with Crippen LogP contribution in [0.25, 0.3) is 0 Å². The summed E-state index contributed by atoms with van der Waals surface area (Å²) in [6.45, 7) is 4.43. The Hall–Kier alpha value is -2.06. The Morgan fingerprint density at radius 1 is 0.706 bits per heavy atom. The molecule has 8 nitrogen and oxygen atoms in total. The molecule has 0 rings (SSSR count). The normalized spacial score (nSPS) is 15.4. The van der Waals surface area contributed by atoms with Gasteiger partial charge in [0.05, 0.1) is 39.9 Å². The van der Waals surface area contributed by atoms with E-state index in [0.29, 0.717) is 17.4 Å². The summed E-state index contributed by atoms with van der Waals surface area (Å²) in [7, 11) is 1.21. The van der Waals surface area contributed by atoms with Crippen molar-refractivity contribution in [2.24, 2.45) is 0 Å². The van der Waals surface area contributed by atoms with Crippen LogP contribution < -0.4 is 10.2 Å². The molecule has 0 bridgehead atoms. The van der Waals surface area contributed by atoms with Gasteiger partial charge in [-0.25, -0.2) is 0 Å². The first-order valence-corrected chi connectivity index (χ1v) is 21.3. The van der Waals surface area contributed by atoms with Gasteiger partial charge in [-0.05, 0) is 77.0 Å². The van der Waals surface area contributed by atoms with Gasteiger partial charge in [-0.1, -0.05) is 125 Å². The average molecular weight is 735 g/mol. The van der Waals surface area contributed by atoms with Crippen molar-refractivity contribution in [3.05, 3.63) is 72.9 Å². The molecule has 0 aromatic heterocycles. The van der Waals surface area contributed by atoms with E-state index in [9.17, 15) is 19.4 Å². The number of nitrogens with zero attached hydrogens (tertiary/aromatic N) is 1. The van der Waals surface area contributed by atoms with Crippen molar-refractivity contribution in [1.29, 1.82) is 0 Å². The molecular weight excluding hydrogens is 659 g/mol. The molecule has 0 fully saturated rings. The molecule has 0 saturated heterocycles. The maximum Gasteiger partial charge on any atom is 0.268 e. The number of unbranched alkanes of at least 4 members (excludes halogenated alkanes) is 11. The number of carbonyl (C=O) groups is 1. The van der Waals surface area contributed by atoms with E-state index < -0.39 is 26.6 Å². The molecule has 294 valence electrons. The number of aliphatic hydroxyl groups is 1. The van der Waals surface area contributed by atoms with Gasteiger partial charge in [0.15, 0.2) is 0 Å². The highest BCUT2D eigenvalue weighted by Gasteiger charge is 2.23. The zero-order chi connectivity index (χ0) is 37.9. The third kappa shape index (κ3) is 36.1. The lowest BCUT2D eigenvalue weighted by Crippen LogP contribution is -2.45. The van der Waals surface area contributed by atoms with Crippen molar-refractivity contribution in [2.45, 2.75) is 148 Å². The molecule has 0 spiro atoms. The van der Waals surface area contributed by atoms with Crippen molar-refractivity contribution >= 4 is 13.7 Å². The van der Waals surface area contributed by atoms with E-state index in [1.807, 2.05) is 27.2 Å². The van der Waals surface area contributed by atoms with Crippen molar-refractivity contribution in [1.82, 2.24) is 5.32 Å². The number of rotatable bonds is 34. The highest BCUT2D eigenvalue weighted by atomic mass is 31.2. The molecule has 51 heavy (non-hydrogen) atoms. The largest absolute Gasteiger partial charge is 0.756 e. The number of aliphatic hydroxyl groups excluding tert-OH is 1. The third-order valence-electron chi connectivity index (χ3n) is 8.13. The Morgan fingerprint density at radius 2 is 1.22 bits per heavy atom. The van der Waals surface area contributed by atoms with Gasteiger partial charge in [-0.3, -0.25) is 9.36 Å². The molecule has 0 heterocycles. The Labute approximate surface area is 313 Å². The molecule has 3 unspecified atom stereocenters. The Bertz CT molecular complexity index is 1060. The number of hydrogen-bond acceptors (Lipinski definition) is 6. The molecular formula is C42H75N2O6P. The molecule has 0 aliphatic heterocycles. The second kappa shape index (κ2) is 33.8. The predicted octanol–water partition coefficient (Wildman–Crippen LogP) is 9.83. The number of likely N-dealkylation sites (N-methyl/N-ethyl adjacent to an activating group) is 1. The molecule has 0 aliphatic carbocycles. The minimum absolute atomic E-state index is 0.0164. The summed E-state index contributed by atoms with van der Waals surface area (Å²) in [4.78, 5) is 25.2. The summed E-state index contributed by atoms with van der Waals surface area (Å²) in [5.74, 6) is -0.234. The minimum atomic E-state index is -4.60. The summed E-state index contributed by atoms with van der Waals surface area (Å²) in [5.41, 5.74) is 0. The fourth-order valence-electron chi connectivity index (χ4n) is 4.96. The zero-order valence-electron chi connectivity index (χ0n) is 33.0. The minimum Gasteiger partial charge on any atom is -0.756 e. The molecule has 0 radical (unpaired) electrons. The number of hydrogen-bond donors (Lipinski definition) is 2. The Kier molecular flexibility index (Phi) is 32.4. The molecule has 9 heteroatoms. The van der Waals surface area contributed by atoms with Gasteiger partial charge in [0.1, 0.15) is 13.2 Å². The Morgan fingerprint density at radius 3 is 1.82 bits per heavy atom. The van der Waals surface area contributed by atoms with Crippen LogP contribution in [-0.2, 0) is 18.4 Å². The molecule has 1 amide bonds. The number of allylic oxidation sites excluding steroid dienone is 11. The fourth-order valence-corrected chi connectivity index (χ4v) is 5.68. The first-order valence-electron chi connectivity index (χ1n) is 19.8. The van der Waals surface area contributed by atoms with Crippen LogP contribution in [0.1, 0.15) is 136 Å². The van der Waals surface area contributed by atoms with Crippen LogP contribution in [0.4, 0.5) is 0 Å². The quantitative estimate of drug-likeness (QED) is 0.0295. The van der Waals surface area contributed by atoms with Gasteiger partial charge < -0.3 is 28.8 Å². The number of amides is 1. The van der Waals surface area contributed by atoms with E-state index in [0.717, 1.165) is 89.9 Å². The van der Waals surface area contributed by atoms with E-state index >= 15 is 0 Å². The first kappa shape index (κ1) is 48.9. The van der Waals surface area contributed by atoms with Crippen LogP contribution in [0.5, 0.6) is 0 Å². The van der Waals surface area contributed by atoms with Crippen LogP contribution in [0.2, 0.25) is 0 Å². The van der Waals surface area contributed by atoms with Crippen LogP contribution >= 0.6 is 7.82 Å². The monoisotopic (exact) mass is 735 g/mol. The summed E-state index contributed by atoms with van der Waals surface area (Å²) in [6, 6.07) is -0.920. The summed E-state index contributed by atoms with van der Waals surface area (Å²) in [6.07, 6.45) is 43.7. The van der Waals surface area contributed by atoms with E-state index in [1.54, 1.807) is 6.08 Å². The van der Waals surface area contributed by atoms with E-state index in [-0.39, 0.29) is 12.5 Å². The maximum atomic E-state index is 12.8. The SMILES string of the molecule is CC/C=C\C/C=C\C/C=C\CCCCCCCC(=O)NC(COP(=O)([O-])OCC[N+](C)(C)C)C(O)/C=C/CC/C=C/CC/C=C/CCCCCC. The van der Waals surface area contributed by atoms with Gasteiger partial charge in [-0.15, -0.1) is 0 Å². The number of phosphoric acid groups is 1. The number of carbonyl (C=O) groups excluding carboxylic acids is 1. The maximum absolute atomic E-state index is 12.8. The van der Waals surface area contributed by atoms with E-state index in [1.165, 1.54) is 25.7 Å². The summed E-state index contributed by atoms with van der Waals surface area (Å²) < 4.78 is 23.1. The lowest BCUT2D eigenvalue weighted by atomic mass is 10.1. The standard InChI is InChI=1S/C42H75N2O6P/c1-6-8-10-12-14-16-18-20-22-24-26-28-30-32-34-36-42(46)43-40(39-50-51(47,48)49-38-37-44(3,4)5)41(45)35-33-31-29-27-25-23-21-19-17-15-13-11-9-7-2/h8,10,14,16-17,19-20,22,25,27,33,35,40-41,45H,6-7,9,11-13,15,18,21,23-24,26,28-32,34,36-39H2,1-5H3,(H-,43,46,47,48)/b10-8-,16-14-,19-17+,22-20-,27-25+,35-33+. The molecule has 3 atom stereocenters. The second-order valence-corrected chi connectivity index (χ2v) is 15.6. The molecule has 0 aliphatic rings. The van der Waals surface area contributed by atoms with Gasteiger partial charge >= 0.3 is 0 Å². The summed E-state index contributed by atoms with van der Waals surface area (Å²) in [5, 5.41) is 13.7. The lowest BCUT2D eigenvalue weighted by molar-refractivity contribution is -0.870. The second-order valence-electron chi connectivity index (χ2n) is 14.2. The van der Waals surface area contributed by atoms with E-state index in [4.69, 9.17) is 9.05 Å². The highest BCUT2D eigenvalue weighted by Crippen LogP contribution is 2.38. The van der Waals surface area contributed by atoms with Crippen LogP contribution in [0.3, 0.4) is 0 Å². The first-order chi connectivity index (χ1) is 24.5. The Balaban J connectivity index is 4.64. The van der Waals surface area contributed by atoms with Gasteiger partial charge in [0.25, 0.3) is 7.82 Å². The smallest absolute Gasteiger partial charge is 0.268 e. The van der Waals surface area contributed by atoms with Crippen molar-refractivity contribution in [2.75, 3.05) is 40.9 Å². The number of phosphoric ester groups is 1. The molecule has 0 aromatic rings. The van der Waals surface area contributed by atoms with Crippen molar-refractivity contribution < 1.29 is 32.9 Å². The molecule has 2 N–H and O–H groups in total. The van der Waals surface area contributed by atoms with Crippen LogP contribution in [0.15, 0.2) is 72.9 Å². The van der Waals surface area contributed by atoms with Crippen LogP contribution in [-0.4, -0.2) is 68.5 Å². The molecule has 0 aromatic carbocycles. The number of quaternary nitrogens is 1. The van der Waals surface area contributed by atoms with Crippen LogP contribution in [0, 0.1) is 0 Å². The average Bonchev–Trinajstić information content (AvgIpc) is 3.07. The zero-order valence-corrected chi connectivity index (χ0v) is 33.9. The lowest BCUT2D eigenvalue weighted by Gasteiger charge is -2.29. The fraction of sp³-hybridized carbons (Fsp3) is 0.690. The van der Waals surface area contributed by atoms with E-state index in [2.05, 4.69) is 79.9 Å². The number of nitrogens with one attached hydrogen (secondary N) is 1. The van der Waals surface area contributed by atoms with Gasteiger partial charge in [0, 0.05) is 6.42 Å². The third-order valence-corrected chi connectivity index (χ3v) is 9.09.